The molecule has 158 valence electrons. The van der Waals surface area contributed by atoms with Crippen LogP contribution in [0.2, 0.25) is 0 Å². The molecular formula is C22H31N3O4. The van der Waals surface area contributed by atoms with Crippen LogP contribution in [-0.4, -0.2) is 68.8 Å². The number of ether oxygens (including phenoxy) is 2. The Morgan fingerprint density at radius 1 is 1.17 bits per heavy atom. The predicted molar refractivity (Wildman–Crippen MR) is 110 cm³/mol. The maximum atomic E-state index is 12.9. The van der Waals surface area contributed by atoms with Gasteiger partial charge >= 0.3 is 0 Å². The summed E-state index contributed by atoms with van der Waals surface area (Å²) in [4.78, 5) is 27.7. The van der Waals surface area contributed by atoms with Crippen LogP contribution in [0.5, 0.6) is 5.75 Å². The second kappa shape index (κ2) is 8.32. The van der Waals surface area contributed by atoms with Gasteiger partial charge in [0.25, 0.3) is 11.8 Å². The fourth-order valence-corrected chi connectivity index (χ4v) is 4.26. The first kappa shape index (κ1) is 20.2. The third-order valence-electron chi connectivity index (χ3n) is 6.51. The van der Waals surface area contributed by atoms with Gasteiger partial charge in [0.05, 0.1) is 18.8 Å². The van der Waals surface area contributed by atoms with Crippen LogP contribution in [-0.2, 0) is 4.74 Å². The summed E-state index contributed by atoms with van der Waals surface area (Å²) in [6.07, 6.45) is 2.11. The van der Waals surface area contributed by atoms with Crippen LogP contribution in [0.4, 0.5) is 0 Å². The molecule has 7 heteroatoms. The topological polar surface area (TPSA) is 79.9 Å². The maximum absolute atomic E-state index is 12.9. The van der Waals surface area contributed by atoms with Gasteiger partial charge in [-0.3, -0.25) is 14.5 Å². The molecule has 0 aromatic heterocycles. The van der Waals surface area contributed by atoms with Crippen molar-refractivity contribution in [1.82, 2.24) is 15.5 Å². The standard InChI is InChI=1S/C22H31N3O4/c1-13-14(2)29-20-17(13)10-16(11-18(20)22(27)23-3)21(26)24-19-12-15(19)4-5-25-6-8-28-9-7-25/h10-11,13-15,19H,4-9,12H2,1-3H3,(H,23,27)(H,24,26)/t13-,14-,15-,19?/m1/s1. The molecule has 3 aliphatic rings. The van der Waals surface area contributed by atoms with Crippen LogP contribution < -0.4 is 15.4 Å². The molecule has 1 aliphatic carbocycles. The highest BCUT2D eigenvalue weighted by Crippen LogP contribution is 2.41. The number of carbonyl (C=O) groups is 2. The van der Waals surface area contributed by atoms with Crippen LogP contribution in [0.15, 0.2) is 12.1 Å². The Balaban J connectivity index is 1.40. The summed E-state index contributed by atoms with van der Waals surface area (Å²) in [6.45, 7) is 8.75. The van der Waals surface area contributed by atoms with Crippen molar-refractivity contribution in [2.24, 2.45) is 5.92 Å². The Morgan fingerprint density at radius 2 is 1.93 bits per heavy atom. The Hall–Kier alpha value is -2.12. The van der Waals surface area contributed by atoms with Crippen LogP contribution in [0.25, 0.3) is 0 Å². The van der Waals surface area contributed by atoms with E-state index in [0.29, 0.717) is 22.8 Å². The molecule has 2 amide bonds. The largest absolute Gasteiger partial charge is 0.489 e. The minimum atomic E-state index is -0.230. The van der Waals surface area contributed by atoms with E-state index in [1.54, 1.807) is 13.1 Å². The van der Waals surface area contributed by atoms with Gasteiger partial charge in [-0.1, -0.05) is 6.92 Å². The second-order valence-electron chi connectivity index (χ2n) is 8.45. The number of nitrogens with one attached hydrogen (secondary N) is 2. The lowest BCUT2D eigenvalue weighted by Gasteiger charge is -2.26. The van der Waals surface area contributed by atoms with Crippen molar-refractivity contribution in [3.8, 4) is 5.75 Å². The van der Waals surface area contributed by atoms with Crippen molar-refractivity contribution in [2.75, 3.05) is 39.9 Å². The Morgan fingerprint density at radius 3 is 2.66 bits per heavy atom. The first-order chi connectivity index (χ1) is 14.0. The summed E-state index contributed by atoms with van der Waals surface area (Å²) >= 11 is 0. The second-order valence-corrected chi connectivity index (χ2v) is 8.45. The summed E-state index contributed by atoms with van der Waals surface area (Å²) in [6, 6.07) is 3.77. The van der Waals surface area contributed by atoms with Crippen LogP contribution in [0, 0.1) is 5.92 Å². The number of fused-ring (bicyclic) bond motifs is 1. The summed E-state index contributed by atoms with van der Waals surface area (Å²) in [5.74, 6) is 0.951. The Kier molecular flexibility index (Phi) is 5.79. The fraction of sp³-hybridized carbons (Fsp3) is 0.636. The lowest BCUT2D eigenvalue weighted by Crippen LogP contribution is -2.37. The van der Waals surface area contributed by atoms with Gasteiger partial charge in [0.2, 0.25) is 0 Å². The molecule has 4 rings (SSSR count). The molecule has 1 saturated carbocycles. The third-order valence-corrected chi connectivity index (χ3v) is 6.51. The molecule has 29 heavy (non-hydrogen) atoms. The summed E-state index contributed by atoms with van der Waals surface area (Å²) < 4.78 is 11.3. The number of benzene rings is 1. The van der Waals surface area contributed by atoms with E-state index < -0.39 is 0 Å². The molecule has 1 saturated heterocycles. The highest BCUT2D eigenvalue weighted by atomic mass is 16.5. The predicted octanol–water partition coefficient (Wildman–Crippen LogP) is 1.77. The van der Waals surface area contributed by atoms with Gasteiger partial charge in [0.1, 0.15) is 11.9 Å². The monoisotopic (exact) mass is 401 g/mol. The zero-order valence-electron chi connectivity index (χ0n) is 17.5. The van der Waals surface area contributed by atoms with Crippen molar-refractivity contribution in [3.63, 3.8) is 0 Å². The fourth-order valence-electron chi connectivity index (χ4n) is 4.26. The van der Waals surface area contributed by atoms with E-state index in [1.165, 1.54) is 0 Å². The molecule has 0 spiro atoms. The number of hydrogen-bond donors (Lipinski definition) is 2. The van der Waals surface area contributed by atoms with Gasteiger partial charge in [-0.05, 0) is 44.4 Å². The van der Waals surface area contributed by atoms with Gasteiger partial charge in [0.15, 0.2) is 0 Å². The minimum absolute atomic E-state index is 0.0142. The lowest BCUT2D eigenvalue weighted by molar-refractivity contribution is 0.0367. The lowest BCUT2D eigenvalue weighted by atomic mass is 9.94. The quantitative estimate of drug-likeness (QED) is 0.760. The van der Waals surface area contributed by atoms with Crippen LogP contribution >= 0.6 is 0 Å². The van der Waals surface area contributed by atoms with E-state index in [2.05, 4.69) is 22.5 Å². The van der Waals surface area contributed by atoms with Crippen molar-refractivity contribution in [2.45, 2.75) is 44.8 Å². The average Bonchev–Trinajstić information content (AvgIpc) is 3.42. The number of nitrogens with zero attached hydrogens (tertiary/aromatic N) is 1. The molecule has 2 fully saturated rings. The minimum Gasteiger partial charge on any atom is -0.489 e. The molecule has 2 heterocycles. The summed E-state index contributed by atoms with van der Waals surface area (Å²) in [5, 5.41) is 5.81. The highest BCUT2D eigenvalue weighted by molar-refractivity contribution is 6.02. The molecule has 2 N–H and O–H groups in total. The van der Waals surface area contributed by atoms with Gasteiger partial charge in [-0.15, -0.1) is 0 Å². The SMILES string of the molecule is CNC(=O)c1cc(C(=O)NC2C[C@H]2CCN2CCOCC2)cc2c1O[C@H](C)[C@H]2C. The van der Waals surface area contributed by atoms with E-state index in [4.69, 9.17) is 9.47 Å². The molecule has 1 aromatic carbocycles. The van der Waals surface area contributed by atoms with Gasteiger partial charge in [0, 0.05) is 43.2 Å². The third kappa shape index (κ3) is 4.26. The van der Waals surface area contributed by atoms with Crippen LogP contribution in [0.1, 0.15) is 58.9 Å². The summed E-state index contributed by atoms with van der Waals surface area (Å²) in [7, 11) is 1.59. The summed E-state index contributed by atoms with van der Waals surface area (Å²) in [5.41, 5.74) is 1.90. The Labute approximate surface area is 172 Å². The first-order valence-electron chi connectivity index (χ1n) is 10.7. The average molecular weight is 402 g/mol. The van der Waals surface area contributed by atoms with Crippen molar-refractivity contribution in [1.29, 1.82) is 0 Å². The van der Waals surface area contributed by atoms with Gasteiger partial charge in [-0.25, -0.2) is 0 Å². The van der Waals surface area contributed by atoms with Crippen molar-refractivity contribution < 1.29 is 19.1 Å². The number of carbonyl (C=O) groups excluding carboxylic acids is 2. The molecule has 4 atom stereocenters. The number of rotatable bonds is 6. The van der Waals surface area contributed by atoms with E-state index in [1.807, 2.05) is 13.0 Å². The molecule has 7 nitrogen and oxygen atoms in total. The molecule has 0 bridgehead atoms. The number of hydrogen-bond acceptors (Lipinski definition) is 5. The first-order valence-corrected chi connectivity index (χ1v) is 10.7. The van der Waals surface area contributed by atoms with Gasteiger partial charge < -0.3 is 20.1 Å². The number of morpholine rings is 1. The van der Waals surface area contributed by atoms with Gasteiger partial charge in [-0.2, -0.15) is 0 Å². The molecule has 1 aromatic rings. The maximum Gasteiger partial charge on any atom is 0.254 e. The highest BCUT2D eigenvalue weighted by Gasteiger charge is 2.39. The zero-order valence-corrected chi connectivity index (χ0v) is 17.5. The smallest absolute Gasteiger partial charge is 0.254 e. The number of amides is 2. The van der Waals surface area contributed by atoms with Crippen LogP contribution in [0.3, 0.4) is 0 Å². The molecular weight excluding hydrogens is 370 g/mol. The van der Waals surface area contributed by atoms with E-state index in [0.717, 1.165) is 51.3 Å². The molecule has 1 unspecified atom stereocenters. The zero-order chi connectivity index (χ0) is 20.5. The van der Waals surface area contributed by atoms with E-state index in [-0.39, 0.29) is 29.9 Å². The van der Waals surface area contributed by atoms with Crippen molar-refractivity contribution >= 4 is 11.8 Å². The molecule has 0 radical (unpaired) electrons. The normalized spacial score (nSPS) is 28.4. The molecule has 2 aliphatic heterocycles. The van der Waals surface area contributed by atoms with E-state index >= 15 is 0 Å². The van der Waals surface area contributed by atoms with E-state index in [9.17, 15) is 9.59 Å². The Bertz CT molecular complexity index is 791. The van der Waals surface area contributed by atoms with Crippen molar-refractivity contribution in [3.05, 3.63) is 28.8 Å².